The maximum atomic E-state index is 12.8. The van der Waals surface area contributed by atoms with Crippen LogP contribution in [0.2, 0.25) is 0 Å². The van der Waals surface area contributed by atoms with Crippen molar-refractivity contribution in [3.8, 4) is 0 Å². The third kappa shape index (κ3) is 6.34. The number of nitrogens with one attached hydrogen (secondary N) is 1. The first-order chi connectivity index (χ1) is 12.9. The third-order valence-corrected chi connectivity index (χ3v) is 5.36. The first-order valence-corrected chi connectivity index (χ1v) is 9.93. The summed E-state index contributed by atoms with van der Waals surface area (Å²) in [6, 6.07) is -0.412. The number of ether oxygens (including phenoxy) is 1. The fourth-order valence-electron chi connectivity index (χ4n) is 3.50. The zero-order valence-electron chi connectivity index (χ0n) is 16.4. The molecule has 27 heavy (non-hydrogen) atoms. The van der Waals surface area contributed by atoms with Gasteiger partial charge in [0.15, 0.2) is 0 Å². The number of likely N-dealkylation sites (tertiary alicyclic amines) is 1. The van der Waals surface area contributed by atoms with Crippen LogP contribution >= 0.6 is 0 Å². The second-order valence-corrected chi connectivity index (χ2v) is 7.75. The van der Waals surface area contributed by atoms with E-state index in [9.17, 15) is 19.5 Å². The van der Waals surface area contributed by atoms with Gasteiger partial charge >= 0.3 is 5.97 Å². The number of cyclic esters (lactones) is 1. The van der Waals surface area contributed by atoms with Crippen molar-refractivity contribution < 1.29 is 24.2 Å². The van der Waals surface area contributed by atoms with Crippen LogP contribution in [0.25, 0.3) is 0 Å². The Morgan fingerprint density at radius 2 is 2.15 bits per heavy atom. The van der Waals surface area contributed by atoms with Crippen molar-refractivity contribution >= 4 is 17.8 Å². The molecule has 0 aliphatic carbocycles. The van der Waals surface area contributed by atoms with Gasteiger partial charge in [-0.1, -0.05) is 26.0 Å². The highest BCUT2D eigenvalue weighted by atomic mass is 16.5. The van der Waals surface area contributed by atoms with E-state index in [1.807, 2.05) is 26.0 Å². The number of allylic oxidation sites excluding steroid dienone is 2. The van der Waals surface area contributed by atoms with Crippen LogP contribution in [0.15, 0.2) is 12.2 Å². The maximum absolute atomic E-state index is 12.8. The maximum Gasteiger partial charge on any atom is 0.306 e. The second kappa shape index (κ2) is 10.4. The molecule has 0 saturated carbocycles. The van der Waals surface area contributed by atoms with Gasteiger partial charge in [0.2, 0.25) is 11.8 Å². The molecule has 0 spiro atoms. The summed E-state index contributed by atoms with van der Waals surface area (Å²) in [5.74, 6) is -0.905. The number of nitrogens with zero attached hydrogens (tertiary/aromatic N) is 1. The SMILES string of the molecule is CC(C)[C@H]1COC(=O)CCC=CC[C@H](CC(=O)N2CCC[C@H]2CO)C(=O)N1. The molecule has 2 heterocycles. The van der Waals surface area contributed by atoms with Crippen molar-refractivity contribution in [1.29, 1.82) is 0 Å². The molecule has 1 saturated heterocycles. The van der Waals surface area contributed by atoms with Crippen LogP contribution < -0.4 is 5.32 Å². The Morgan fingerprint density at radius 1 is 1.37 bits per heavy atom. The first kappa shape index (κ1) is 21.4. The molecule has 152 valence electrons. The molecular formula is C20H32N2O5. The number of hydrogen-bond donors (Lipinski definition) is 2. The Kier molecular flexibility index (Phi) is 8.28. The lowest BCUT2D eigenvalue weighted by Gasteiger charge is -2.27. The average molecular weight is 380 g/mol. The summed E-state index contributed by atoms with van der Waals surface area (Å²) in [4.78, 5) is 39.0. The van der Waals surface area contributed by atoms with Gasteiger partial charge in [0.1, 0.15) is 6.61 Å². The van der Waals surface area contributed by atoms with E-state index in [1.165, 1.54) is 0 Å². The molecule has 1 fully saturated rings. The van der Waals surface area contributed by atoms with E-state index in [-0.39, 0.29) is 55.4 Å². The molecule has 0 aromatic rings. The van der Waals surface area contributed by atoms with Crippen molar-refractivity contribution in [3.05, 3.63) is 12.2 Å². The van der Waals surface area contributed by atoms with Crippen LogP contribution in [0.4, 0.5) is 0 Å². The number of hydrogen-bond acceptors (Lipinski definition) is 5. The molecule has 0 unspecified atom stereocenters. The van der Waals surface area contributed by atoms with Crippen molar-refractivity contribution in [2.75, 3.05) is 19.8 Å². The van der Waals surface area contributed by atoms with E-state index in [1.54, 1.807) is 4.90 Å². The summed E-state index contributed by atoms with van der Waals surface area (Å²) in [7, 11) is 0. The smallest absolute Gasteiger partial charge is 0.306 e. The molecular weight excluding hydrogens is 348 g/mol. The van der Waals surface area contributed by atoms with Gasteiger partial charge in [0.25, 0.3) is 0 Å². The zero-order chi connectivity index (χ0) is 19.8. The Bertz CT molecular complexity index is 561. The summed E-state index contributed by atoms with van der Waals surface area (Å²) >= 11 is 0. The molecule has 7 nitrogen and oxygen atoms in total. The first-order valence-electron chi connectivity index (χ1n) is 9.93. The molecule has 2 rings (SSSR count). The molecule has 3 atom stereocenters. The number of amides is 2. The van der Waals surface area contributed by atoms with Gasteiger partial charge in [-0.05, 0) is 31.6 Å². The Hall–Kier alpha value is -1.89. The highest BCUT2D eigenvalue weighted by molar-refractivity contribution is 5.86. The normalized spacial score (nSPS) is 27.7. The molecule has 0 radical (unpaired) electrons. The average Bonchev–Trinajstić information content (AvgIpc) is 3.11. The summed E-state index contributed by atoms with van der Waals surface area (Å²) < 4.78 is 5.27. The van der Waals surface area contributed by atoms with E-state index >= 15 is 0 Å². The van der Waals surface area contributed by atoms with E-state index in [0.717, 1.165) is 12.8 Å². The van der Waals surface area contributed by atoms with Crippen LogP contribution in [0.1, 0.15) is 52.4 Å². The van der Waals surface area contributed by atoms with Crippen LogP contribution in [0.3, 0.4) is 0 Å². The second-order valence-electron chi connectivity index (χ2n) is 7.75. The van der Waals surface area contributed by atoms with Crippen molar-refractivity contribution in [1.82, 2.24) is 10.2 Å². The monoisotopic (exact) mass is 380 g/mol. The Balaban J connectivity index is 2.08. The molecule has 0 aromatic carbocycles. The molecule has 7 heteroatoms. The summed E-state index contributed by atoms with van der Waals surface area (Å²) in [5.41, 5.74) is 0. The van der Waals surface area contributed by atoms with Crippen LogP contribution in [-0.4, -0.2) is 59.6 Å². The third-order valence-electron chi connectivity index (χ3n) is 5.36. The van der Waals surface area contributed by atoms with Gasteiger partial charge in [-0.25, -0.2) is 0 Å². The lowest BCUT2D eigenvalue weighted by molar-refractivity contribution is -0.145. The molecule has 0 bridgehead atoms. The van der Waals surface area contributed by atoms with Gasteiger partial charge in [-0.15, -0.1) is 0 Å². The highest BCUT2D eigenvalue weighted by Crippen LogP contribution is 2.21. The Labute approximate surface area is 161 Å². The summed E-state index contributed by atoms with van der Waals surface area (Å²) in [5, 5.41) is 12.4. The zero-order valence-corrected chi connectivity index (χ0v) is 16.4. The topological polar surface area (TPSA) is 95.9 Å². The summed E-state index contributed by atoms with van der Waals surface area (Å²) in [6.07, 6.45) is 6.86. The van der Waals surface area contributed by atoms with Crippen LogP contribution in [-0.2, 0) is 19.1 Å². The number of aliphatic hydroxyl groups is 1. The van der Waals surface area contributed by atoms with E-state index in [2.05, 4.69) is 5.32 Å². The minimum Gasteiger partial charge on any atom is -0.463 e. The minimum absolute atomic E-state index is 0.0384. The molecule has 0 aromatic heterocycles. The molecule has 2 aliphatic heterocycles. The van der Waals surface area contributed by atoms with Crippen LogP contribution in [0, 0.1) is 11.8 Å². The largest absolute Gasteiger partial charge is 0.463 e. The number of carbonyl (C=O) groups excluding carboxylic acids is 3. The number of esters is 1. The lowest BCUT2D eigenvalue weighted by Crippen LogP contribution is -2.46. The fourth-order valence-corrected chi connectivity index (χ4v) is 3.50. The van der Waals surface area contributed by atoms with Crippen molar-refractivity contribution in [3.63, 3.8) is 0 Å². The molecule has 2 amide bonds. The fraction of sp³-hybridized carbons (Fsp3) is 0.750. The standard InChI is InChI=1S/C20H32N2O5/c1-14(2)17-13-27-19(25)9-5-3-4-7-15(20(26)21-17)11-18(24)22-10-6-8-16(22)12-23/h3-4,14-17,23H,5-13H2,1-2H3,(H,21,26)/t15-,16+,17-/m1/s1. The van der Waals surface area contributed by atoms with Gasteiger partial charge in [0.05, 0.1) is 24.6 Å². The lowest BCUT2D eigenvalue weighted by atomic mass is 9.96. The summed E-state index contributed by atoms with van der Waals surface area (Å²) in [6.45, 7) is 4.66. The number of carbonyl (C=O) groups is 3. The minimum atomic E-state index is -0.468. The van der Waals surface area contributed by atoms with E-state index in [4.69, 9.17) is 4.74 Å². The molecule has 2 aliphatic rings. The molecule has 2 N–H and O–H groups in total. The number of rotatable bonds is 4. The number of aliphatic hydroxyl groups excluding tert-OH is 1. The predicted octanol–water partition coefficient (Wildman–Crippen LogP) is 1.40. The van der Waals surface area contributed by atoms with Crippen LogP contribution in [0.5, 0.6) is 0 Å². The Morgan fingerprint density at radius 3 is 2.85 bits per heavy atom. The van der Waals surface area contributed by atoms with E-state index < -0.39 is 5.92 Å². The van der Waals surface area contributed by atoms with Gasteiger partial charge in [0, 0.05) is 19.4 Å². The highest BCUT2D eigenvalue weighted by Gasteiger charge is 2.32. The van der Waals surface area contributed by atoms with E-state index in [0.29, 0.717) is 25.8 Å². The quantitative estimate of drug-likeness (QED) is 0.568. The van der Waals surface area contributed by atoms with Gasteiger partial charge < -0.3 is 20.1 Å². The predicted molar refractivity (Wildman–Crippen MR) is 101 cm³/mol. The van der Waals surface area contributed by atoms with Gasteiger partial charge in [-0.2, -0.15) is 0 Å². The van der Waals surface area contributed by atoms with Crippen molar-refractivity contribution in [2.24, 2.45) is 11.8 Å². The van der Waals surface area contributed by atoms with Gasteiger partial charge in [-0.3, -0.25) is 14.4 Å². The van der Waals surface area contributed by atoms with Crippen molar-refractivity contribution in [2.45, 2.75) is 64.5 Å².